The molecule has 3 N–H and O–H groups in total. The lowest BCUT2D eigenvalue weighted by molar-refractivity contribution is 0.0679. The summed E-state index contributed by atoms with van der Waals surface area (Å²) in [6.07, 6.45) is 1.94. The normalized spacial score (nSPS) is 21.0. The van der Waals surface area contributed by atoms with Crippen LogP contribution in [0.25, 0.3) is 10.9 Å². The summed E-state index contributed by atoms with van der Waals surface area (Å²) in [5, 5.41) is 23.3. The fourth-order valence-electron chi connectivity index (χ4n) is 3.87. The van der Waals surface area contributed by atoms with E-state index >= 15 is 4.39 Å². The van der Waals surface area contributed by atoms with Gasteiger partial charge in [0.15, 0.2) is 11.6 Å². The molecule has 2 aromatic rings. The van der Waals surface area contributed by atoms with Crippen molar-refractivity contribution in [1.29, 1.82) is 0 Å². The van der Waals surface area contributed by atoms with E-state index in [1.54, 1.807) is 0 Å². The molecule has 150 valence electrons. The summed E-state index contributed by atoms with van der Waals surface area (Å²) < 4.78 is 22.0. The van der Waals surface area contributed by atoms with Gasteiger partial charge in [-0.15, -0.1) is 0 Å². The highest BCUT2D eigenvalue weighted by Gasteiger charge is 2.44. The predicted molar refractivity (Wildman–Crippen MR) is 101 cm³/mol. The zero-order valence-electron chi connectivity index (χ0n) is 15.7. The van der Waals surface area contributed by atoms with Crippen molar-refractivity contribution in [2.24, 2.45) is 0 Å². The number of aromatic carboxylic acids is 1. The van der Waals surface area contributed by atoms with Gasteiger partial charge >= 0.3 is 5.97 Å². The number of halogens is 1. The largest absolute Gasteiger partial charge is 0.492 e. The molecule has 0 amide bonds. The second-order valence-electron chi connectivity index (χ2n) is 7.47. The Labute approximate surface area is 160 Å². The first-order chi connectivity index (χ1) is 13.3. The van der Waals surface area contributed by atoms with E-state index in [1.165, 1.54) is 11.7 Å². The van der Waals surface area contributed by atoms with Crippen molar-refractivity contribution in [2.75, 3.05) is 31.6 Å². The number of anilines is 1. The molecule has 2 aliphatic rings. The highest BCUT2D eigenvalue weighted by molar-refractivity contribution is 5.97. The van der Waals surface area contributed by atoms with Crippen LogP contribution in [-0.2, 0) is 5.72 Å². The van der Waals surface area contributed by atoms with Gasteiger partial charge in [0.1, 0.15) is 17.0 Å². The first-order valence-corrected chi connectivity index (χ1v) is 9.17. The summed E-state index contributed by atoms with van der Waals surface area (Å²) in [6, 6.07) is 1.19. The van der Waals surface area contributed by atoms with Gasteiger partial charge in [0.05, 0.1) is 18.0 Å². The van der Waals surface area contributed by atoms with Crippen LogP contribution in [0.2, 0.25) is 0 Å². The Hall–Kier alpha value is -2.65. The maximum Gasteiger partial charge on any atom is 0.341 e. The Morgan fingerprint density at radius 2 is 2.14 bits per heavy atom. The number of pyridine rings is 1. The standard InChI is InChI=1S/C19H22FN3O5/c1-10-8-22(6-5-21-10)15-13(20)7-11-14(17(15)28-2)23(19(27)3-4-19)9-12(16(11)24)18(25)26/h7,9-10,21,27H,3-6,8H2,1-2H3,(H,25,26). The molecular weight excluding hydrogens is 369 g/mol. The molecule has 1 saturated heterocycles. The molecule has 1 aromatic heterocycles. The second-order valence-corrected chi connectivity index (χ2v) is 7.47. The zero-order valence-corrected chi connectivity index (χ0v) is 15.7. The Morgan fingerprint density at radius 1 is 1.43 bits per heavy atom. The molecule has 0 radical (unpaired) electrons. The van der Waals surface area contributed by atoms with E-state index in [0.717, 1.165) is 12.3 Å². The number of carbonyl (C=O) groups is 1. The smallest absolute Gasteiger partial charge is 0.341 e. The number of carboxylic acids is 1. The number of carboxylic acid groups (broad SMARTS) is 1. The molecule has 1 unspecified atom stereocenters. The minimum absolute atomic E-state index is 0.124. The van der Waals surface area contributed by atoms with Crippen LogP contribution >= 0.6 is 0 Å². The van der Waals surface area contributed by atoms with Gasteiger partial charge in [0, 0.05) is 31.9 Å². The van der Waals surface area contributed by atoms with Crippen LogP contribution in [-0.4, -0.2) is 53.5 Å². The Kier molecular flexibility index (Phi) is 4.31. The Morgan fingerprint density at radius 3 is 2.71 bits per heavy atom. The van der Waals surface area contributed by atoms with Gasteiger partial charge in [-0.2, -0.15) is 0 Å². The van der Waals surface area contributed by atoms with Crippen LogP contribution in [0, 0.1) is 5.82 Å². The van der Waals surface area contributed by atoms with E-state index in [9.17, 15) is 19.8 Å². The summed E-state index contributed by atoms with van der Waals surface area (Å²) >= 11 is 0. The monoisotopic (exact) mass is 391 g/mol. The molecule has 2 heterocycles. The van der Waals surface area contributed by atoms with Crippen molar-refractivity contribution < 1.29 is 24.1 Å². The first-order valence-electron chi connectivity index (χ1n) is 9.17. The van der Waals surface area contributed by atoms with E-state index in [0.29, 0.717) is 32.5 Å². The molecule has 1 aliphatic heterocycles. The van der Waals surface area contributed by atoms with E-state index in [-0.39, 0.29) is 28.4 Å². The number of aromatic nitrogens is 1. The lowest BCUT2D eigenvalue weighted by atomic mass is 10.1. The maximum atomic E-state index is 15.1. The number of aliphatic hydroxyl groups is 1. The van der Waals surface area contributed by atoms with Crippen molar-refractivity contribution in [1.82, 2.24) is 9.88 Å². The van der Waals surface area contributed by atoms with E-state index in [1.807, 2.05) is 11.8 Å². The van der Waals surface area contributed by atoms with Crippen LogP contribution in [0.1, 0.15) is 30.1 Å². The molecule has 9 heteroatoms. The van der Waals surface area contributed by atoms with E-state index in [4.69, 9.17) is 4.74 Å². The topological polar surface area (TPSA) is 104 Å². The summed E-state index contributed by atoms with van der Waals surface area (Å²) in [6.45, 7) is 3.74. The molecule has 0 bridgehead atoms. The number of ether oxygens (including phenoxy) is 1. The SMILES string of the molecule is COc1c(N2CCNC(C)C2)c(F)cc2c(=O)c(C(=O)O)cn(C3(O)CC3)c12. The fraction of sp³-hybridized carbons (Fsp3) is 0.474. The van der Waals surface area contributed by atoms with Crippen LogP contribution in [0.15, 0.2) is 17.1 Å². The molecule has 8 nitrogen and oxygen atoms in total. The van der Waals surface area contributed by atoms with Crippen molar-refractivity contribution in [3.63, 3.8) is 0 Å². The van der Waals surface area contributed by atoms with Crippen molar-refractivity contribution in [3.8, 4) is 5.75 Å². The molecule has 0 spiro atoms. The molecule has 1 saturated carbocycles. The highest BCUT2D eigenvalue weighted by Crippen LogP contribution is 2.46. The van der Waals surface area contributed by atoms with Crippen molar-refractivity contribution in [2.45, 2.75) is 31.5 Å². The average molecular weight is 391 g/mol. The molecule has 4 rings (SSSR count). The quantitative estimate of drug-likeness (QED) is 0.717. The van der Waals surface area contributed by atoms with Gasteiger partial charge < -0.3 is 29.7 Å². The summed E-state index contributed by atoms with van der Waals surface area (Å²) in [4.78, 5) is 26.1. The summed E-state index contributed by atoms with van der Waals surface area (Å²) in [7, 11) is 1.38. The van der Waals surface area contributed by atoms with Crippen LogP contribution in [0.5, 0.6) is 5.75 Å². The number of methoxy groups -OCH3 is 1. The molecule has 1 aliphatic carbocycles. The number of benzene rings is 1. The third-order valence-electron chi connectivity index (χ3n) is 5.44. The third-order valence-corrected chi connectivity index (χ3v) is 5.44. The summed E-state index contributed by atoms with van der Waals surface area (Å²) in [5.41, 5.74) is -2.21. The number of hydrogen-bond acceptors (Lipinski definition) is 6. The number of hydrogen-bond donors (Lipinski definition) is 3. The number of fused-ring (bicyclic) bond motifs is 1. The minimum Gasteiger partial charge on any atom is -0.492 e. The van der Waals surface area contributed by atoms with Gasteiger partial charge in [-0.3, -0.25) is 4.79 Å². The van der Waals surface area contributed by atoms with Gasteiger partial charge in [-0.05, 0) is 25.8 Å². The van der Waals surface area contributed by atoms with E-state index in [2.05, 4.69) is 5.32 Å². The van der Waals surface area contributed by atoms with Crippen LogP contribution in [0.4, 0.5) is 10.1 Å². The maximum absolute atomic E-state index is 15.1. The first kappa shape index (κ1) is 18.7. The van der Waals surface area contributed by atoms with E-state index < -0.39 is 28.5 Å². The van der Waals surface area contributed by atoms with Crippen molar-refractivity contribution >= 4 is 22.6 Å². The second kappa shape index (κ2) is 6.46. The van der Waals surface area contributed by atoms with Crippen LogP contribution < -0.4 is 20.4 Å². The number of piperazine rings is 1. The van der Waals surface area contributed by atoms with Gasteiger partial charge in [0.2, 0.25) is 5.43 Å². The lowest BCUT2D eigenvalue weighted by Crippen LogP contribution is -2.49. The fourth-order valence-corrected chi connectivity index (χ4v) is 3.87. The molecule has 2 fully saturated rings. The summed E-state index contributed by atoms with van der Waals surface area (Å²) in [5.74, 6) is -1.96. The highest BCUT2D eigenvalue weighted by atomic mass is 19.1. The average Bonchev–Trinajstić information content (AvgIpc) is 3.39. The number of nitrogens with zero attached hydrogens (tertiary/aromatic N) is 2. The number of rotatable bonds is 4. The lowest BCUT2D eigenvalue weighted by Gasteiger charge is -2.35. The Bertz CT molecular complexity index is 1030. The van der Waals surface area contributed by atoms with Gasteiger partial charge in [-0.25, -0.2) is 9.18 Å². The van der Waals surface area contributed by atoms with Gasteiger partial charge in [0.25, 0.3) is 0 Å². The van der Waals surface area contributed by atoms with Gasteiger partial charge in [-0.1, -0.05) is 0 Å². The minimum atomic E-state index is -1.43. The Balaban J connectivity index is 2.07. The molecule has 28 heavy (non-hydrogen) atoms. The molecular formula is C19H22FN3O5. The number of nitrogens with one attached hydrogen (secondary N) is 1. The van der Waals surface area contributed by atoms with Crippen molar-refractivity contribution in [3.05, 3.63) is 33.9 Å². The van der Waals surface area contributed by atoms with Crippen LogP contribution in [0.3, 0.4) is 0 Å². The zero-order chi connectivity index (χ0) is 20.2. The predicted octanol–water partition coefficient (Wildman–Crippen LogP) is 1.08. The molecule has 1 aromatic carbocycles. The molecule has 1 atom stereocenters. The third kappa shape index (κ3) is 2.82.